The van der Waals surface area contributed by atoms with Crippen molar-refractivity contribution < 1.29 is 0 Å². The zero-order valence-corrected chi connectivity index (χ0v) is 21.6. The molecule has 1 aliphatic carbocycles. The van der Waals surface area contributed by atoms with Gasteiger partial charge in [0.05, 0.1) is 6.54 Å². The predicted octanol–water partition coefficient (Wildman–Crippen LogP) is 5.09. The smallest absolute Gasteiger partial charge is 0.160 e. The summed E-state index contributed by atoms with van der Waals surface area (Å²) in [5, 5.41) is 0. The normalized spacial score (nSPS) is 23.2. The second-order valence-electron chi connectivity index (χ2n) is 11.1. The van der Waals surface area contributed by atoms with Crippen LogP contribution in [0.2, 0.25) is 0 Å². The molecule has 2 atom stereocenters. The Bertz CT molecular complexity index is 1220. The number of fused-ring (bicyclic) bond motifs is 2. The fraction of sp³-hybridized carbons (Fsp3) is 0.533. The third-order valence-electron chi connectivity index (χ3n) is 8.34. The standard InChI is InChI=1S/C30H39N5/c1-4-28-32-29-21(2)16-22(3)31-30(29)35(28)18-25-9-7-23(8-10-25)6-5-14-34-19-26-13-15-33(20-27(26)34)17-24-11-12-24/h5-10,16,24,26-27H,4,11-15,17-20H2,1-3H3/b6-5+/t26?,27-/m0/s1. The molecule has 1 saturated carbocycles. The van der Waals surface area contributed by atoms with Gasteiger partial charge in [0, 0.05) is 44.3 Å². The molecule has 0 amide bonds. The molecule has 0 bridgehead atoms. The van der Waals surface area contributed by atoms with Gasteiger partial charge in [0.1, 0.15) is 11.3 Å². The zero-order valence-electron chi connectivity index (χ0n) is 21.6. The van der Waals surface area contributed by atoms with E-state index >= 15 is 0 Å². The van der Waals surface area contributed by atoms with Crippen LogP contribution >= 0.6 is 0 Å². The lowest BCUT2D eigenvalue weighted by atomic mass is 9.82. The first-order valence-electron chi connectivity index (χ1n) is 13.6. The Balaban J connectivity index is 1.08. The average molecular weight is 470 g/mol. The minimum atomic E-state index is 0.785. The quantitative estimate of drug-likeness (QED) is 0.461. The number of likely N-dealkylation sites (tertiary alicyclic amines) is 2. The molecule has 3 fully saturated rings. The molecule has 0 radical (unpaired) electrons. The van der Waals surface area contributed by atoms with Crippen LogP contribution in [0.15, 0.2) is 36.4 Å². The Hall–Kier alpha value is -2.50. The number of piperidine rings is 1. The van der Waals surface area contributed by atoms with E-state index in [0.29, 0.717) is 0 Å². The van der Waals surface area contributed by atoms with Crippen molar-refractivity contribution in [2.24, 2.45) is 11.8 Å². The van der Waals surface area contributed by atoms with Crippen molar-refractivity contribution >= 4 is 17.2 Å². The van der Waals surface area contributed by atoms with Gasteiger partial charge in [-0.05, 0) is 74.2 Å². The number of hydrogen-bond acceptors (Lipinski definition) is 4. The van der Waals surface area contributed by atoms with Crippen molar-refractivity contribution in [2.75, 3.05) is 32.7 Å². The van der Waals surface area contributed by atoms with Crippen molar-refractivity contribution in [2.45, 2.75) is 59.0 Å². The van der Waals surface area contributed by atoms with E-state index in [0.717, 1.165) is 60.1 Å². The van der Waals surface area contributed by atoms with Crippen molar-refractivity contribution in [3.8, 4) is 0 Å². The number of aromatic nitrogens is 3. The highest BCUT2D eigenvalue weighted by atomic mass is 15.3. The van der Waals surface area contributed by atoms with Gasteiger partial charge in [-0.3, -0.25) is 4.90 Å². The number of imidazole rings is 1. The summed E-state index contributed by atoms with van der Waals surface area (Å²) in [5.41, 5.74) is 6.88. The van der Waals surface area contributed by atoms with Crippen LogP contribution < -0.4 is 0 Å². The van der Waals surface area contributed by atoms with Crippen molar-refractivity contribution in [1.82, 2.24) is 24.3 Å². The van der Waals surface area contributed by atoms with Gasteiger partial charge in [0.25, 0.3) is 0 Å². The Kier molecular flexibility index (Phi) is 6.23. The second kappa shape index (κ2) is 9.51. The van der Waals surface area contributed by atoms with Crippen LogP contribution in [-0.2, 0) is 13.0 Å². The van der Waals surface area contributed by atoms with Gasteiger partial charge < -0.3 is 9.47 Å². The molecule has 184 valence electrons. The van der Waals surface area contributed by atoms with Crippen LogP contribution in [0.5, 0.6) is 0 Å². The van der Waals surface area contributed by atoms with E-state index in [9.17, 15) is 0 Å². The number of pyridine rings is 1. The number of aryl methyl sites for hydroxylation is 3. The Labute approximate surface area is 209 Å². The first kappa shape index (κ1) is 22.9. The third-order valence-corrected chi connectivity index (χ3v) is 8.34. The number of benzene rings is 1. The highest BCUT2D eigenvalue weighted by molar-refractivity contribution is 5.76. The summed E-state index contributed by atoms with van der Waals surface area (Å²) in [7, 11) is 0. The maximum absolute atomic E-state index is 4.89. The molecular weight excluding hydrogens is 430 g/mol. The summed E-state index contributed by atoms with van der Waals surface area (Å²) >= 11 is 0. The maximum atomic E-state index is 4.89. The maximum Gasteiger partial charge on any atom is 0.160 e. The minimum absolute atomic E-state index is 0.785. The lowest BCUT2D eigenvalue weighted by Gasteiger charge is -2.53. The lowest BCUT2D eigenvalue weighted by molar-refractivity contribution is -0.0371. The van der Waals surface area contributed by atoms with E-state index < -0.39 is 0 Å². The summed E-state index contributed by atoms with van der Waals surface area (Å²) < 4.78 is 2.29. The molecule has 3 aliphatic rings. The fourth-order valence-corrected chi connectivity index (χ4v) is 6.14. The molecule has 6 rings (SSSR count). The third kappa shape index (κ3) is 4.81. The number of hydrogen-bond donors (Lipinski definition) is 0. The summed E-state index contributed by atoms with van der Waals surface area (Å²) in [6.45, 7) is 13.5. The highest BCUT2D eigenvalue weighted by Crippen LogP contribution is 2.35. The minimum Gasteiger partial charge on any atom is -0.308 e. The zero-order chi connectivity index (χ0) is 23.9. The molecule has 5 heteroatoms. The Morgan fingerprint density at radius 1 is 1.03 bits per heavy atom. The predicted molar refractivity (Wildman–Crippen MR) is 144 cm³/mol. The van der Waals surface area contributed by atoms with Crippen LogP contribution in [0.1, 0.15) is 54.4 Å². The molecule has 1 aromatic carbocycles. The molecule has 2 saturated heterocycles. The molecule has 35 heavy (non-hydrogen) atoms. The van der Waals surface area contributed by atoms with Gasteiger partial charge >= 0.3 is 0 Å². The van der Waals surface area contributed by atoms with E-state index in [1.54, 1.807) is 0 Å². The monoisotopic (exact) mass is 469 g/mol. The summed E-state index contributed by atoms with van der Waals surface area (Å²) in [6, 6.07) is 11.9. The van der Waals surface area contributed by atoms with Crippen LogP contribution in [0.3, 0.4) is 0 Å². The molecule has 2 aliphatic heterocycles. The molecule has 0 N–H and O–H groups in total. The highest BCUT2D eigenvalue weighted by Gasteiger charge is 2.42. The number of nitrogens with zero attached hydrogens (tertiary/aromatic N) is 5. The van der Waals surface area contributed by atoms with Crippen molar-refractivity contribution in [3.05, 3.63) is 64.6 Å². The molecule has 4 heterocycles. The average Bonchev–Trinajstić information content (AvgIpc) is 3.59. The molecule has 0 spiro atoms. The lowest BCUT2D eigenvalue weighted by Crippen LogP contribution is -2.64. The van der Waals surface area contributed by atoms with E-state index in [4.69, 9.17) is 9.97 Å². The van der Waals surface area contributed by atoms with Crippen LogP contribution in [0, 0.1) is 25.7 Å². The summed E-state index contributed by atoms with van der Waals surface area (Å²) in [6.07, 6.45) is 9.89. The van der Waals surface area contributed by atoms with Gasteiger partial charge in [-0.2, -0.15) is 0 Å². The van der Waals surface area contributed by atoms with E-state index in [-0.39, 0.29) is 0 Å². The van der Waals surface area contributed by atoms with Gasteiger partial charge in [-0.1, -0.05) is 43.3 Å². The van der Waals surface area contributed by atoms with Gasteiger partial charge in [-0.25, -0.2) is 9.97 Å². The summed E-state index contributed by atoms with van der Waals surface area (Å²) in [5.74, 6) is 3.05. The summed E-state index contributed by atoms with van der Waals surface area (Å²) in [4.78, 5) is 15.1. The molecule has 1 unspecified atom stereocenters. The van der Waals surface area contributed by atoms with Crippen molar-refractivity contribution in [1.29, 1.82) is 0 Å². The second-order valence-corrected chi connectivity index (χ2v) is 11.1. The van der Waals surface area contributed by atoms with Gasteiger partial charge in [0.15, 0.2) is 5.65 Å². The molecule has 3 aromatic rings. The first-order valence-corrected chi connectivity index (χ1v) is 13.6. The largest absolute Gasteiger partial charge is 0.308 e. The molecule has 2 aromatic heterocycles. The van der Waals surface area contributed by atoms with E-state index in [2.05, 4.69) is 77.6 Å². The van der Waals surface area contributed by atoms with E-state index in [1.165, 1.54) is 62.1 Å². The molecule has 5 nitrogen and oxygen atoms in total. The number of rotatable bonds is 8. The fourth-order valence-electron chi connectivity index (χ4n) is 6.14. The Morgan fingerprint density at radius 3 is 2.63 bits per heavy atom. The van der Waals surface area contributed by atoms with E-state index in [1.807, 2.05) is 0 Å². The first-order chi connectivity index (χ1) is 17.1. The topological polar surface area (TPSA) is 37.2 Å². The van der Waals surface area contributed by atoms with Gasteiger partial charge in [-0.15, -0.1) is 0 Å². The SMILES string of the molecule is CCc1nc2c(C)cc(C)nc2n1Cc1ccc(/C=C/CN2CC3CCN(CC4CC4)C[C@@H]32)cc1. The molecular formula is C30H39N5. The van der Waals surface area contributed by atoms with Crippen LogP contribution in [0.25, 0.3) is 17.2 Å². The van der Waals surface area contributed by atoms with Gasteiger partial charge in [0.2, 0.25) is 0 Å². The van der Waals surface area contributed by atoms with Crippen LogP contribution in [-0.4, -0.2) is 63.1 Å². The Morgan fingerprint density at radius 2 is 1.86 bits per heavy atom. The van der Waals surface area contributed by atoms with Crippen LogP contribution in [0.4, 0.5) is 0 Å². The van der Waals surface area contributed by atoms with Crippen molar-refractivity contribution in [3.63, 3.8) is 0 Å².